The maximum atomic E-state index is 12.2. The van der Waals surface area contributed by atoms with Gasteiger partial charge in [-0.05, 0) is 30.5 Å². The first kappa shape index (κ1) is 14.4. The van der Waals surface area contributed by atoms with Crippen LogP contribution < -0.4 is 4.74 Å². The van der Waals surface area contributed by atoms with Crippen molar-refractivity contribution in [2.75, 3.05) is 13.7 Å². The lowest BCUT2D eigenvalue weighted by molar-refractivity contribution is -0.139. The predicted octanol–water partition coefficient (Wildman–Crippen LogP) is 1.91. The lowest BCUT2D eigenvalue weighted by atomic mass is 10.2. The van der Waals surface area contributed by atoms with Gasteiger partial charge < -0.3 is 14.7 Å². The minimum absolute atomic E-state index is 0.0192. The van der Waals surface area contributed by atoms with Crippen LogP contribution in [-0.4, -0.2) is 35.5 Å². The van der Waals surface area contributed by atoms with Gasteiger partial charge in [0.25, 0.3) is 0 Å². The Balaban J connectivity index is 2.01. The Kier molecular flexibility index (Phi) is 4.61. The summed E-state index contributed by atoms with van der Waals surface area (Å²) in [5, 5.41) is 8.78. The molecular formula is C15H19NO4. The maximum absolute atomic E-state index is 12.2. The standard InChI is InChI=1S/C15H19NO4/c1-20-13-6-2-11(3-7-13)10-16(9-8-14(17)18)15(19)12-4-5-12/h2-3,6-7,12H,4-5,8-10H2,1H3,(H,17,18). The topological polar surface area (TPSA) is 66.8 Å². The number of methoxy groups -OCH3 is 1. The van der Waals surface area contributed by atoms with Crippen LogP contribution >= 0.6 is 0 Å². The molecule has 20 heavy (non-hydrogen) atoms. The molecule has 1 aliphatic rings. The van der Waals surface area contributed by atoms with Gasteiger partial charge in [-0.3, -0.25) is 9.59 Å². The molecule has 5 heteroatoms. The Labute approximate surface area is 118 Å². The summed E-state index contributed by atoms with van der Waals surface area (Å²) in [6, 6.07) is 7.47. The van der Waals surface area contributed by atoms with E-state index in [0.29, 0.717) is 6.54 Å². The highest BCUT2D eigenvalue weighted by Crippen LogP contribution is 2.31. The molecular weight excluding hydrogens is 258 g/mol. The van der Waals surface area contributed by atoms with Crippen molar-refractivity contribution < 1.29 is 19.4 Å². The lowest BCUT2D eigenvalue weighted by Gasteiger charge is -2.22. The number of carboxylic acids is 1. The van der Waals surface area contributed by atoms with Gasteiger partial charge in [-0.2, -0.15) is 0 Å². The smallest absolute Gasteiger partial charge is 0.305 e. The van der Waals surface area contributed by atoms with Crippen LogP contribution in [0.25, 0.3) is 0 Å². The second-order valence-electron chi connectivity index (χ2n) is 5.03. The van der Waals surface area contributed by atoms with Crippen molar-refractivity contribution in [3.8, 4) is 5.75 Å². The quantitative estimate of drug-likeness (QED) is 0.826. The molecule has 0 radical (unpaired) electrons. The number of hydrogen-bond donors (Lipinski definition) is 1. The molecule has 0 unspecified atom stereocenters. The first-order valence-corrected chi connectivity index (χ1v) is 6.73. The van der Waals surface area contributed by atoms with E-state index in [2.05, 4.69) is 0 Å². The summed E-state index contributed by atoms with van der Waals surface area (Å²) in [4.78, 5) is 24.5. The number of hydrogen-bond acceptors (Lipinski definition) is 3. The van der Waals surface area contributed by atoms with Crippen molar-refractivity contribution >= 4 is 11.9 Å². The third-order valence-electron chi connectivity index (χ3n) is 3.37. The first-order chi connectivity index (χ1) is 9.60. The van der Waals surface area contributed by atoms with E-state index in [1.54, 1.807) is 12.0 Å². The SMILES string of the molecule is COc1ccc(CN(CCC(=O)O)C(=O)C2CC2)cc1. The van der Waals surface area contributed by atoms with Crippen molar-refractivity contribution in [1.82, 2.24) is 4.90 Å². The first-order valence-electron chi connectivity index (χ1n) is 6.73. The van der Waals surface area contributed by atoms with E-state index in [9.17, 15) is 9.59 Å². The summed E-state index contributed by atoms with van der Waals surface area (Å²) in [7, 11) is 1.60. The van der Waals surface area contributed by atoms with Crippen molar-refractivity contribution in [3.05, 3.63) is 29.8 Å². The molecule has 1 N–H and O–H groups in total. The molecule has 108 valence electrons. The maximum Gasteiger partial charge on any atom is 0.305 e. The fourth-order valence-corrected chi connectivity index (χ4v) is 2.04. The number of amides is 1. The molecule has 0 bridgehead atoms. The van der Waals surface area contributed by atoms with Crippen molar-refractivity contribution in [2.24, 2.45) is 5.92 Å². The Morgan fingerprint density at radius 2 is 1.95 bits per heavy atom. The summed E-state index contributed by atoms with van der Waals surface area (Å²) in [6.45, 7) is 0.712. The van der Waals surface area contributed by atoms with Gasteiger partial charge in [0.05, 0.1) is 13.5 Å². The molecule has 0 saturated heterocycles. The highest BCUT2D eigenvalue weighted by Gasteiger charge is 2.33. The summed E-state index contributed by atoms with van der Waals surface area (Å²) >= 11 is 0. The Hall–Kier alpha value is -2.04. The van der Waals surface area contributed by atoms with Crippen LogP contribution in [0.2, 0.25) is 0 Å². The van der Waals surface area contributed by atoms with Gasteiger partial charge in [0.1, 0.15) is 5.75 Å². The van der Waals surface area contributed by atoms with Crippen molar-refractivity contribution in [1.29, 1.82) is 0 Å². The summed E-state index contributed by atoms with van der Waals surface area (Å²) in [5.74, 6) is 0.0526. The van der Waals surface area contributed by atoms with Crippen LogP contribution in [0.4, 0.5) is 0 Å². The third kappa shape index (κ3) is 3.98. The minimum atomic E-state index is -0.881. The van der Waals surface area contributed by atoms with Crippen LogP contribution in [0.5, 0.6) is 5.75 Å². The highest BCUT2D eigenvalue weighted by molar-refractivity contribution is 5.81. The molecule has 0 heterocycles. The average molecular weight is 277 g/mol. The van der Waals surface area contributed by atoms with E-state index in [1.807, 2.05) is 24.3 Å². The summed E-state index contributed by atoms with van der Waals surface area (Å²) < 4.78 is 5.09. The zero-order valence-corrected chi connectivity index (χ0v) is 11.5. The zero-order chi connectivity index (χ0) is 14.5. The van der Waals surface area contributed by atoms with Crippen LogP contribution in [0.3, 0.4) is 0 Å². The molecule has 2 rings (SSSR count). The average Bonchev–Trinajstić information content (AvgIpc) is 3.27. The second-order valence-corrected chi connectivity index (χ2v) is 5.03. The monoisotopic (exact) mass is 277 g/mol. The Morgan fingerprint density at radius 3 is 2.45 bits per heavy atom. The number of carbonyl (C=O) groups is 2. The van der Waals surface area contributed by atoms with Crippen LogP contribution in [0.15, 0.2) is 24.3 Å². The Bertz CT molecular complexity index is 479. The predicted molar refractivity (Wildman–Crippen MR) is 73.4 cm³/mol. The Morgan fingerprint density at radius 1 is 1.30 bits per heavy atom. The van der Waals surface area contributed by atoms with E-state index < -0.39 is 5.97 Å². The van der Waals surface area contributed by atoms with Crippen LogP contribution in [-0.2, 0) is 16.1 Å². The third-order valence-corrected chi connectivity index (χ3v) is 3.37. The van der Waals surface area contributed by atoms with Crippen molar-refractivity contribution in [2.45, 2.75) is 25.8 Å². The van der Waals surface area contributed by atoms with Gasteiger partial charge >= 0.3 is 5.97 Å². The number of nitrogens with zero attached hydrogens (tertiary/aromatic N) is 1. The van der Waals surface area contributed by atoms with Gasteiger partial charge in [0.2, 0.25) is 5.91 Å². The van der Waals surface area contributed by atoms with Crippen LogP contribution in [0, 0.1) is 5.92 Å². The molecule has 1 saturated carbocycles. The van der Waals surface area contributed by atoms with Gasteiger partial charge in [0, 0.05) is 19.0 Å². The normalized spacial score (nSPS) is 13.8. The van der Waals surface area contributed by atoms with Gasteiger partial charge in [-0.25, -0.2) is 0 Å². The molecule has 0 spiro atoms. The zero-order valence-electron chi connectivity index (χ0n) is 11.5. The lowest BCUT2D eigenvalue weighted by Crippen LogP contribution is -2.33. The number of aliphatic carboxylic acids is 1. The van der Waals surface area contributed by atoms with E-state index in [0.717, 1.165) is 24.2 Å². The number of carboxylic acid groups (broad SMARTS) is 1. The van der Waals surface area contributed by atoms with E-state index in [4.69, 9.17) is 9.84 Å². The van der Waals surface area contributed by atoms with Gasteiger partial charge in [0.15, 0.2) is 0 Å². The molecule has 1 amide bonds. The van der Waals surface area contributed by atoms with Gasteiger partial charge in [-0.15, -0.1) is 0 Å². The second kappa shape index (κ2) is 6.41. The molecule has 0 atom stereocenters. The van der Waals surface area contributed by atoms with E-state index >= 15 is 0 Å². The molecule has 1 aliphatic carbocycles. The van der Waals surface area contributed by atoms with Crippen LogP contribution in [0.1, 0.15) is 24.8 Å². The number of carbonyl (C=O) groups excluding carboxylic acids is 1. The van der Waals surface area contributed by atoms with Crippen molar-refractivity contribution in [3.63, 3.8) is 0 Å². The molecule has 1 fully saturated rings. The summed E-state index contributed by atoms with van der Waals surface area (Å²) in [5.41, 5.74) is 0.977. The molecule has 0 aliphatic heterocycles. The molecule has 0 aromatic heterocycles. The fourth-order valence-electron chi connectivity index (χ4n) is 2.04. The minimum Gasteiger partial charge on any atom is -0.497 e. The van der Waals surface area contributed by atoms with Gasteiger partial charge in [-0.1, -0.05) is 12.1 Å². The number of benzene rings is 1. The van der Waals surface area contributed by atoms with E-state index in [1.165, 1.54) is 0 Å². The largest absolute Gasteiger partial charge is 0.497 e. The molecule has 5 nitrogen and oxygen atoms in total. The molecule has 1 aromatic carbocycles. The fraction of sp³-hybridized carbons (Fsp3) is 0.467. The number of ether oxygens (including phenoxy) is 1. The summed E-state index contributed by atoms with van der Waals surface area (Å²) in [6.07, 6.45) is 1.82. The molecule has 1 aromatic rings. The van der Waals surface area contributed by atoms with E-state index in [-0.39, 0.29) is 24.8 Å². The highest BCUT2D eigenvalue weighted by atomic mass is 16.5. The number of rotatable bonds is 7.